The SMILES string of the molecule is C[C@H](NC(=O)OC(C)(C)C)C(=O)[O-].[K+]. The minimum atomic E-state index is -1.34. The Bertz CT molecular complexity index is 212. The Hall–Kier alpha value is 0.376. The summed E-state index contributed by atoms with van der Waals surface area (Å²) in [7, 11) is 0. The molecule has 0 spiro atoms. The molecule has 0 unspecified atom stereocenters. The minimum absolute atomic E-state index is 0. The molecule has 5 nitrogen and oxygen atoms in total. The van der Waals surface area contributed by atoms with Crippen LogP contribution in [0.5, 0.6) is 0 Å². The molecule has 0 rings (SSSR count). The van der Waals surface area contributed by atoms with Gasteiger partial charge < -0.3 is 20.0 Å². The average molecular weight is 227 g/mol. The Morgan fingerprint density at radius 2 is 1.79 bits per heavy atom. The molecule has 0 aromatic rings. The third kappa shape index (κ3) is 8.95. The summed E-state index contributed by atoms with van der Waals surface area (Å²) in [6.07, 6.45) is -0.760. The molecule has 0 bridgehead atoms. The number of ether oxygens (including phenoxy) is 1. The summed E-state index contributed by atoms with van der Waals surface area (Å²) >= 11 is 0. The molecule has 0 fully saturated rings. The van der Waals surface area contributed by atoms with E-state index in [1.807, 2.05) is 0 Å². The second kappa shape index (κ2) is 6.79. The maximum absolute atomic E-state index is 10.9. The summed E-state index contributed by atoms with van der Waals surface area (Å²) in [6, 6.07) is -1.05. The van der Waals surface area contributed by atoms with E-state index in [2.05, 4.69) is 5.32 Å². The Morgan fingerprint density at radius 3 is 2.07 bits per heavy atom. The van der Waals surface area contributed by atoms with Gasteiger partial charge in [-0.05, 0) is 27.7 Å². The van der Waals surface area contributed by atoms with Crippen molar-refractivity contribution >= 4 is 12.1 Å². The smallest absolute Gasteiger partial charge is 0.548 e. The molecular formula is C8H14KNO4. The Kier molecular flexibility index (Phi) is 8.14. The molecule has 14 heavy (non-hydrogen) atoms. The van der Waals surface area contributed by atoms with E-state index in [0.29, 0.717) is 0 Å². The van der Waals surface area contributed by atoms with Crippen LogP contribution in [0, 0.1) is 0 Å². The Balaban J connectivity index is 0. The predicted molar refractivity (Wildman–Crippen MR) is 43.8 cm³/mol. The fourth-order valence-electron chi connectivity index (χ4n) is 0.543. The third-order valence-electron chi connectivity index (χ3n) is 1.09. The van der Waals surface area contributed by atoms with Crippen molar-refractivity contribution in [2.24, 2.45) is 0 Å². The first-order chi connectivity index (χ1) is 5.72. The van der Waals surface area contributed by atoms with Crippen LogP contribution in [0.25, 0.3) is 0 Å². The van der Waals surface area contributed by atoms with Gasteiger partial charge in [-0.2, -0.15) is 0 Å². The predicted octanol–water partition coefficient (Wildman–Crippen LogP) is -3.35. The van der Waals surface area contributed by atoms with Crippen LogP contribution in [0.2, 0.25) is 0 Å². The molecule has 0 aliphatic heterocycles. The summed E-state index contributed by atoms with van der Waals surface area (Å²) < 4.78 is 4.82. The first-order valence-corrected chi connectivity index (χ1v) is 3.93. The molecule has 1 atom stereocenters. The number of hydrogen-bond donors (Lipinski definition) is 1. The van der Waals surface area contributed by atoms with Gasteiger partial charge in [-0.1, -0.05) is 0 Å². The zero-order valence-corrected chi connectivity index (χ0v) is 12.3. The van der Waals surface area contributed by atoms with Gasteiger partial charge in [0.15, 0.2) is 0 Å². The summed E-state index contributed by atoms with van der Waals surface area (Å²) in [5.74, 6) is -1.34. The van der Waals surface area contributed by atoms with E-state index in [1.54, 1.807) is 20.8 Å². The van der Waals surface area contributed by atoms with Crippen LogP contribution in [0.1, 0.15) is 27.7 Å². The monoisotopic (exact) mass is 227 g/mol. The number of aliphatic carboxylic acids is 1. The third-order valence-corrected chi connectivity index (χ3v) is 1.09. The number of alkyl carbamates (subject to hydrolysis) is 1. The maximum atomic E-state index is 10.9. The van der Waals surface area contributed by atoms with Crippen molar-refractivity contribution in [3.05, 3.63) is 0 Å². The molecule has 76 valence electrons. The summed E-state index contributed by atoms with van der Waals surface area (Å²) in [6.45, 7) is 6.38. The Morgan fingerprint density at radius 1 is 1.36 bits per heavy atom. The van der Waals surface area contributed by atoms with Crippen molar-refractivity contribution in [2.75, 3.05) is 0 Å². The van der Waals surface area contributed by atoms with E-state index in [4.69, 9.17) is 4.74 Å². The normalized spacial score (nSPS) is 12.3. The van der Waals surface area contributed by atoms with Gasteiger partial charge in [-0.3, -0.25) is 0 Å². The molecule has 0 radical (unpaired) electrons. The van der Waals surface area contributed by atoms with Crippen LogP contribution < -0.4 is 61.8 Å². The number of amides is 1. The molecule has 0 heterocycles. The molecule has 1 N–H and O–H groups in total. The first kappa shape index (κ1) is 16.8. The van der Waals surface area contributed by atoms with Gasteiger partial charge in [0.05, 0.1) is 12.0 Å². The number of carbonyl (C=O) groups is 2. The number of rotatable bonds is 2. The number of hydrogen-bond acceptors (Lipinski definition) is 4. The fourth-order valence-corrected chi connectivity index (χ4v) is 0.543. The van der Waals surface area contributed by atoms with Gasteiger partial charge in [0, 0.05) is 0 Å². The summed E-state index contributed by atoms with van der Waals surface area (Å²) in [5, 5.41) is 12.3. The number of carbonyl (C=O) groups excluding carboxylic acids is 2. The standard InChI is InChI=1S/C8H15NO4.K/c1-5(6(10)11)9-7(12)13-8(2,3)4;/h5H,1-4H3,(H,9,12)(H,10,11);/q;+1/p-1/t5-;/m0./s1. The minimum Gasteiger partial charge on any atom is -0.548 e. The molecule has 1 amide bonds. The summed E-state index contributed by atoms with van der Waals surface area (Å²) in [4.78, 5) is 21.2. The first-order valence-electron chi connectivity index (χ1n) is 3.93. The molecule has 0 aliphatic rings. The topological polar surface area (TPSA) is 78.5 Å². The molecule has 0 aromatic carbocycles. The van der Waals surface area contributed by atoms with Crippen molar-refractivity contribution < 1.29 is 70.8 Å². The van der Waals surface area contributed by atoms with Crippen LogP contribution in [0.4, 0.5) is 4.79 Å². The van der Waals surface area contributed by atoms with Gasteiger partial charge in [0.2, 0.25) is 0 Å². The largest absolute Gasteiger partial charge is 1.00 e. The van der Waals surface area contributed by atoms with Crippen LogP contribution in [0.3, 0.4) is 0 Å². The molecule has 0 saturated heterocycles. The van der Waals surface area contributed by atoms with E-state index < -0.39 is 23.7 Å². The zero-order chi connectivity index (χ0) is 10.6. The molecule has 0 aliphatic carbocycles. The van der Waals surface area contributed by atoms with Crippen molar-refractivity contribution in [1.29, 1.82) is 0 Å². The van der Waals surface area contributed by atoms with Crippen LogP contribution >= 0.6 is 0 Å². The van der Waals surface area contributed by atoms with E-state index in [0.717, 1.165) is 0 Å². The molecule has 0 aromatic heterocycles. The quantitative estimate of drug-likeness (QED) is 0.500. The van der Waals surface area contributed by atoms with Gasteiger partial charge in [0.25, 0.3) is 0 Å². The van der Waals surface area contributed by atoms with Gasteiger partial charge in [0.1, 0.15) is 5.60 Å². The van der Waals surface area contributed by atoms with Crippen molar-refractivity contribution in [2.45, 2.75) is 39.3 Å². The number of nitrogens with one attached hydrogen (secondary N) is 1. The second-order valence-electron chi connectivity index (χ2n) is 3.69. The molecule has 0 saturated carbocycles. The maximum Gasteiger partial charge on any atom is 1.00 e. The number of carboxylic acid groups (broad SMARTS) is 1. The van der Waals surface area contributed by atoms with E-state index in [-0.39, 0.29) is 51.4 Å². The van der Waals surface area contributed by atoms with E-state index in [9.17, 15) is 14.7 Å². The van der Waals surface area contributed by atoms with E-state index in [1.165, 1.54) is 6.92 Å². The molecular weight excluding hydrogens is 213 g/mol. The second-order valence-corrected chi connectivity index (χ2v) is 3.69. The van der Waals surface area contributed by atoms with Gasteiger partial charge >= 0.3 is 57.5 Å². The van der Waals surface area contributed by atoms with Gasteiger partial charge in [-0.25, -0.2) is 4.79 Å². The Labute approximate surface area is 126 Å². The van der Waals surface area contributed by atoms with Crippen molar-refractivity contribution in [3.63, 3.8) is 0 Å². The van der Waals surface area contributed by atoms with Crippen molar-refractivity contribution in [3.8, 4) is 0 Å². The molecule has 6 heteroatoms. The van der Waals surface area contributed by atoms with Crippen molar-refractivity contribution in [1.82, 2.24) is 5.32 Å². The van der Waals surface area contributed by atoms with Crippen LogP contribution in [-0.4, -0.2) is 23.7 Å². The zero-order valence-electron chi connectivity index (χ0n) is 9.21. The van der Waals surface area contributed by atoms with Gasteiger partial charge in [-0.15, -0.1) is 0 Å². The van der Waals surface area contributed by atoms with Crippen LogP contribution in [-0.2, 0) is 9.53 Å². The average Bonchev–Trinajstić information content (AvgIpc) is 1.81. The fraction of sp³-hybridized carbons (Fsp3) is 0.750. The van der Waals surface area contributed by atoms with E-state index >= 15 is 0 Å². The van der Waals surface area contributed by atoms with Crippen LogP contribution in [0.15, 0.2) is 0 Å². The summed E-state index contributed by atoms with van der Waals surface area (Å²) in [5.41, 5.74) is -0.629. The number of carboxylic acids is 1.